The number of benzene rings is 1. The minimum absolute atomic E-state index is 0.158. The van der Waals surface area contributed by atoms with E-state index in [2.05, 4.69) is 15.3 Å². The van der Waals surface area contributed by atoms with Gasteiger partial charge >= 0.3 is 0 Å². The molecule has 3 nitrogen and oxygen atoms in total. The van der Waals surface area contributed by atoms with Gasteiger partial charge in [0, 0.05) is 17.7 Å². The molecule has 144 valence electrons. The molecule has 0 radical (unpaired) electrons. The standard InChI is InChI=1S/C23H23F2N3/c1-13-2-4-15-16-5-3-14(9-18(16)23(24,25)17(15)8-13)20-11-26-21(28-20)19-10-22(6-7-22)12-27-19/h2,4,8-9,11,19,27H,3,5-7,10,12H2,1H3,(H,26,28). The van der Waals surface area contributed by atoms with Crippen LogP contribution in [0.2, 0.25) is 0 Å². The van der Waals surface area contributed by atoms with Gasteiger partial charge in [-0.25, -0.2) is 4.98 Å². The molecule has 0 amide bonds. The quantitative estimate of drug-likeness (QED) is 0.746. The first-order chi connectivity index (χ1) is 13.5. The van der Waals surface area contributed by atoms with Crippen molar-refractivity contribution in [1.82, 2.24) is 15.3 Å². The first kappa shape index (κ1) is 16.7. The van der Waals surface area contributed by atoms with E-state index in [0.717, 1.165) is 53.2 Å². The molecular weight excluding hydrogens is 356 g/mol. The molecule has 2 fully saturated rings. The lowest BCUT2D eigenvalue weighted by molar-refractivity contribution is 0.0458. The SMILES string of the molecule is Cc1ccc2c(c1)C(F)(F)C1=C2CCC(c2cnc(C3CC4(CC4)CN3)[nH]2)=C1. The van der Waals surface area contributed by atoms with E-state index in [-0.39, 0.29) is 17.2 Å². The van der Waals surface area contributed by atoms with Gasteiger partial charge in [-0.15, -0.1) is 0 Å². The third kappa shape index (κ3) is 2.32. The van der Waals surface area contributed by atoms with Crippen molar-refractivity contribution in [3.05, 3.63) is 64.3 Å². The Morgan fingerprint density at radius 2 is 2.04 bits per heavy atom. The highest BCUT2D eigenvalue weighted by atomic mass is 19.3. The van der Waals surface area contributed by atoms with Crippen molar-refractivity contribution in [2.45, 2.75) is 51.0 Å². The van der Waals surface area contributed by atoms with E-state index in [1.807, 2.05) is 25.3 Å². The summed E-state index contributed by atoms with van der Waals surface area (Å²) < 4.78 is 30.3. The number of alkyl halides is 2. The molecule has 28 heavy (non-hydrogen) atoms. The van der Waals surface area contributed by atoms with Crippen LogP contribution in [0.4, 0.5) is 8.78 Å². The lowest BCUT2D eigenvalue weighted by Gasteiger charge is -2.18. The van der Waals surface area contributed by atoms with Crippen LogP contribution in [0.1, 0.15) is 66.4 Å². The van der Waals surface area contributed by atoms with E-state index in [0.29, 0.717) is 11.8 Å². The fourth-order valence-corrected chi connectivity index (χ4v) is 5.17. The second-order valence-electron chi connectivity index (χ2n) is 9.00. The topological polar surface area (TPSA) is 40.7 Å². The summed E-state index contributed by atoms with van der Waals surface area (Å²) in [5, 5.41) is 3.57. The third-order valence-electron chi connectivity index (χ3n) is 7.05. The van der Waals surface area contributed by atoms with E-state index in [9.17, 15) is 0 Å². The summed E-state index contributed by atoms with van der Waals surface area (Å²) in [6, 6.07) is 5.67. The Morgan fingerprint density at radius 3 is 2.82 bits per heavy atom. The van der Waals surface area contributed by atoms with Crippen molar-refractivity contribution >= 4 is 11.1 Å². The summed E-state index contributed by atoms with van der Waals surface area (Å²) in [6.07, 6.45) is 8.66. The molecule has 6 rings (SSSR count). The fraction of sp³-hybridized carbons (Fsp3) is 0.435. The molecule has 2 heterocycles. The van der Waals surface area contributed by atoms with Crippen LogP contribution >= 0.6 is 0 Å². The first-order valence-corrected chi connectivity index (χ1v) is 10.2. The van der Waals surface area contributed by atoms with Gasteiger partial charge in [0.25, 0.3) is 5.92 Å². The van der Waals surface area contributed by atoms with Gasteiger partial charge in [-0.1, -0.05) is 17.7 Å². The summed E-state index contributed by atoms with van der Waals surface area (Å²) in [5.74, 6) is -1.98. The zero-order chi connectivity index (χ0) is 19.1. The molecule has 1 atom stereocenters. The molecule has 1 unspecified atom stereocenters. The number of rotatable bonds is 2. The molecule has 5 heteroatoms. The minimum atomic E-state index is -2.92. The normalized spacial score (nSPS) is 26.4. The van der Waals surface area contributed by atoms with Crippen LogP contribution < -0.4 is 5.32 Å². The summed E-state index contributed by atoms with van der Waals surface area (Å²) in [4.78, 5) is 8.00. The Bertz CT molecular complexity index is 1060. The Labute approximate surface area is 163 Å². The van der Waals surface area contributed by atoms with Crippen molar-refractivity contribution in [3.63, 3.8) is 0 Å². The number of aryl methyl sites for hydroxylation is 1. The van der Waals surface area contributed by atoms with Gasteiger partial charge in [0.1, 0.15) is 5.82 Å². The molecule has 2 aromatic rings. The van der Waals surface area contributed by atoms with Gasteiger partial charge < -0.3 is 10.3 Å². The maximum absolute atomic E-state index is 15.1. The molecule has 4 aliphatic rings. The van der Waals surface area contributed by atoms with Crippen LogP contribution in [0.25, 0.3) is 11.1 Å². The number of allylic oxidation sites excluding steroid dienone is 4. The molecule has 2 N–H and O–H groups in total. The Balaban J connectivity index is 1.33. The molecule has 1 aliphatic heterocycles. The van der Waals surface area contributed by atoms with Crippen LogP contribution in [0.3, 0.4) is 0 Å². The van der Waals surface area contributed by atoms with E-state index in [4.69, 9.17) is 0 Å². The minimum Gasteiger partial charge on any atom is -0.341 e. The van der Waals surface area contributed by atoms with Crippen LogP contribution in [-0.2, 0) is 5.92 Å². The average molecular weight is 379 g/mol. The van der Waals surface area contributed by atoms with Crippen molar-refractivity contribution in [2.24, 2.45) is 5.41 Å². The first-order valence-electron chi connectivity index (χ1n) is 10.2. The summed E-state index contributed by atoms with van der Waals surface area (Å²) in [7, 11) is 0. The third-order valence-corrected chi connectivity index (χ3v) is 7.05. The van der Waals surface area contributed by atoms with Crippen LogP contribution in [0.5, 0.6) is 0 Å². The molecule has 1 saturated heterocycles. The summed E-state index contributed by atoms with van der Waals surface area (Å²) in [5.41, 5.74) is 5.03. The van der Waals surface area contributed by atoms with E-state index in [1.54, 1.807) is 12.1 Å². The van der Waals surface area contributed by atoms with Crippen LogP contribution in [0, 0.1) is 12.3 Å². The second-order valence-corrected chi connectivity index (χ2v) is 9.00. The number of aromatic nitrogens is 2. The number of hydrogen-bond donors (Lipinski definition) is 2. The number of aromatic amines is 1. The highest BCUT2D eigenvalue weighted by Crippen LogP contribution is 2.55. The number of fused-ring (bicyclic) bond motifs is 2. The molecule has 1 spiro atoms. The second kappa shape index (κ2) is 5.41. The van der Waals surface area contributed by atoms with Gasteiger partial charge in [-0.2, -0.15) is 8.78 Å². The Hall–Kier alpha value is -2.27. The van der Waals surface area contributed by atoms with Crippen molar-refractivity contribution in [1.29, 1.82) is 0 Å². The van der Waals surface area contributed by atoms with E-state index in [1.165, 1.54) is 12.8 Å². The maximum atomic E-state index is 15.1. The summed E-state index contributed by atoms with van der Waals surface area (Å²) in [6.45, 7) is 2.93. The number of H-pyrrole nitrogens is 1. The zero-order valence-corrected chi connectivity index (χ0v) is 15.9. The highest BCUT2D eigenvalue weighted by Gasteiger charge is 2.49. The van der Waals surface area contributed by atoms with E-state index >= 15 is 8.78 Å². The van der Waals surface area contributed by atoms with Gasteiger partial charge in [-0.05, 0) is 73.3 Å². The number of nitrogens with one attached hydrogen (secondary N) is 2. The number of imidazole rings is 1. The Morgan fingerprint density at radius 1 is 1.18 bits per heavy atom. The number of nitrogens with zero attached hydrogens (tertiary/aromatic N) is 1. The van der Waals surface area contributed by atoms with Gasteiger partial charge in [0.15, 0.2) is 0 Å². The van der Waals surface area contributed by atoms with Crippen LogP contribution in [0.15, 0.2) is 36.0 Å². The molecule has 1 aromatic carbocycles. The fourth-order valence-electron chi connectivity index (χ4n) is 5.17. The zero-order valence-electron chi connectivity index (χ0n) is 15.9. The van der Waals surface area contributed by atoms with Gasteiger partial charge in [0.05, 0.1) is 17.9 Å². The van der Waals surface area contributed by atoms with Gasteiger partial charge in [0.2, 0.25) is 0 Å². The lowest BCUT2D eigenvalue weighted by Crippen LogP contribution is -2.15. The smallest absolute Gasteiger partial charge is 0.299 e. The molecule has 0 bridgehead atoms. The number of halogens is 2. The van der Waals surface area contributed by atoms with Crippen molar-refractivity contribution in [2.75, 3.05) is 6.54 Å². The highest BCUT2D eigenvalue weighted by molar-refractivity contribution is 5.87. The predicted octanol–water partition coefficient (Wildman–Crippen LogP) is 5.27. The molecule has 3 aliphatic carbocycles. The molecule has 1 aromatic heterocycles. The monoisotopic (exact) mass is 379 g/mol. The Kier molecular flexibility index (Phi) is 3.22. The summed E-state index contributed by atoms with van der Waals surface area (Å²) >= 11 is 0. The predicted molar refractivity (Wildman–Crippen MR) is 105 cm³/mol. The van der Waals surface area contributed by atoms with E-state index < -0.39 is 5.92 Å². The number of hydrogen-bond acceptors (Lipinski definition) is 2. The molecular formula is C23H23F2N3. The van der Waals surface area contributed by atoms with Gasteiger partial charge in [-0.3, -0.25) is 0 Å². The largest absolute Gasteiger partial charge is 0.341 e. The van der Waals surface area contributed by atoms with Crippen LogP contribution in [-0.4, -0.2) is 16.5 Å². The van der Waals surface area contributed by atoms with Crippen molar-refractivity contribution < 1.29 is 8.78 Å². The average Bonchev–Trinajstić information content (AvgIpc) is 3.03. The van der Waals surface area contributed by atoms with Crippen molar-refractivity contribution in [3.8, 4) is 0 Å². The maximum Gasteiger partial charge on any atom is 0.299 e. The molecule has 1 saturated carbocycles. The lowest BCUT2D eigenvalue weighted by atomic mass is 9.90.